The zero-order chi connectivity index (χ0) is 20.3. The number of rotatable bonds is 4. The molecule has 0 aliphatic heterocycles. The third-order valence-corrected chi connectivity index (χ3v) is 2.33. The van der Waals surface area contributed by atoms with Crippen molar-refractivity contribution in [3.05, 3.63) is 68.1 Å². The molecule has 0 atom stereocenters. The van der Waals surface area contributed by atoms with Gasteiger partial charge in [0.2, 0.25) is 0 Å². The first kappa shape index (κ1) is 27.8. The summed E-state index contributed by atoms with van der Waals surface area (Å²) in [5.74, 6) is 0. The molecule has 25 heavy (non-hydrogen) atoms. The standard InChI is InChI=1S/C5H6N2.2C4H8N2O2.ClH.Co/c6-5-1-3-7-4-2-5;2*1-3(5-7)4(2)6-8;;/h1-4H,(H2,6,7);2*1-2H3,(H2,5,6,7,8);1H;/q;;;;+3/p-3. The summed E-state index contributed by atoms with van der Waals surface area (Å²) in [6, 6.07) is 3.50. The van der Waals surface area contributed by atoms with Crippen LogP contribution in [0.1, 0.15) is 27.7 Å². The Labute approximate surface area is 158 Å². The number of nitrogen functional groups attached to an aromatic ring is 1. The van der Waals surface area contributed by atoms with E-state index in [0.29, 0.717) is 0 Å². The molecular weight excluding hydrogens is 399 g/mol. The van der Waals surface area contributed by atoms with Gasteiger partial charge in [0.15, 0.2) is 0 Å². The Hall–Kier alpha value is -2.05. The van der Waals surface area contributed by atoms with Crippen LogP contribution in [-0.2, 0) is 14.8 Å². The van der Waals surface area contributed by atoms with Crippen molar-refractivity contribution in [2.45, 2.75) is 27.7 Å². The number of halogens is 1. The summed E-state index contributed by atoms with van der Waals surface area (Å²) in [5, 5.41) is 21.1. The summed E-state index contributed by atoms with van der Waals surface area (Å²) in [7, 11) is 4.33. The fraction of sp³-hybridized carbons (Fsp3) is 0.308. The molecule has 142 valence electrons. The Kier molecular flexibility index (Phi) is 22.2. The van der Waals surface area contributed by atoms with Gasteiger partial charge in [0.05, 0.1) is 11.4 Å². The molecular formula is C13H20ClCoN6O4. The second kappa shape index (κ2) is 20.0. The molecule has 0 radical (unpaired) electrons. The van der Waals surface area contributed by atoms with Crippen molar-refractivity contribution in [1.82, 2.24) is 4.98 Å². The summed E-state index contributed by atoms with van der Waals surface area (Å²) in [5.41, 5.74) is 12.5. The summed E-state index contributed by atoms with van der Waals surface area (Å²) in [4.78, 5) is 23.0. The molecule has 1 aromatic heterocycles. The van der Waals surface area contributed by atoms with Gasteiger partial charge < -0.3 is 27.1 Å². The topological polar surface area (TPSA) is 166 Å². The van der Waals surface area contributed by atoms with E-state index in [9.17, 15) is 9.81 Å². The minimum atomic E-state index is 0.201. The molecule has 0 saturated carbocycles. The molecule has 1 rings (SSSR count). The Bertz CT molecular complexity index is 513. The van der Waals surface area contributed by atoms with Gasteiger partial charge in [0, 0.05) is 18.1 Å². The third-order valence-electron chi connectivity index (χ3n) is 2.33. The molecule has 0 spiro atoms. The van der Waals surface area contributed by atoms with E-state index in [-0.39, 0.29) is 22.8 Å². The van der Waals surface area contributed by atoms with Gasteiger partial charge in [-0.3, -0.25) is 4.98 Å². The first-order chi connectivity index (χ1) is 11.8. The van der Waals surface area contributed by atoms with Crippen molar-refractivity contribution < 1.29 is 25.3 Å². The van der Waals surface area contributed by atoms with Crippen LogP contribution in [0.25, 0.3) is 11.0 Å². The number of allylic oxidation sites excluding steroid dienone is 4. The van der Waals surface area contributed by atoms with Crippen LogP contribution < -0.4 is 5.73 Å². The van der Waals surface area contributed by atoms with Crippen molar-refractivity contribution in [2.24, 2.45) is 10.4 Å². The summed E-state index contributed by atoms with van der Waals surface area (Å²) in [6.45, 7) is 5.94. The van der Waals surface area contributed by atoms with E-state index < -0.39 is 0 Å². The number of hydroxylamine groups is 2. The molecule has 0 aromatic carbocycles. The Morgan fingerprint density at radius 1 is 1.00 bits per heavy atom. The van der Waals surface area contributed by atoms with Crippen molar-refractivity contribution in [2.75, 3.05) is 5.73 Å². The second-order valence-electron chi connectivity index (χ2n) is 4.00. The van der Waals surface area contributed by atoms with Gasteiger partial charge >= 0.3 is 25.0 Å². The van der Waals surface area contributed by atoms with Crippen molar-refractivity contribution >= 4 is 15.8 Å². The number of nitrogens with zero attached hydrogens (tertiary/aromatic N) is 5. The predicted molar refractivity (Wildman–Crippen MR) is 93.1 cm³/mol. The van der Waals surface area contributed by atoms with E-state index in [1.54, 1.807) is 24.5 Å². The van der Waals surface area contributed by atoms with Crippen LogP contribution in [0.5, 0.6) is 0 Å². The number of hydrogen-bond donors (Lipinski definition) is 3. The average Bonchev–Trinajstić information content (AvgIpc) is 2.68. The van der Waals surface area contributed by atoms with Crippen LogP contribution in [0.15, 0.2) is 57.7 Å². The maximum atomic E-state index is 9.63. The number of nitroso groups, excluding NO2 is 2. The van der Waals surface area contributed by atoms with E-state index in [2.05, 4.69) is 51.3 Å². The predicted octanol–water partition coefficient (Wildman–Crippen LogP) is 4.89. The van der Waals surface area contributed by atoms with E-state index in [0.717, 1.165) is 5.69 Å². The molecule has 0 amide bonds. The molecule has 0 fully saturated rings. The minimum absolute atomic E-state index is 0.201. The average molecular weight is 419 g/mol. The molecule has 12 heteroatoms. The van der Waals surface area contributed by atoms with Gasteiger partial charge in [-0.05, 0) is 36.3 Å². The fourth-order valence-corrected chi connectivity index (χ4v) is 0.640. The van der Waals surface area contributed by atoms with Crippen LogP contribution in [0, 0.1) is 9.81 Å². The van der Waals surface area contributed by atoms with Crippen LogP contribution in [0.2, 0.25) is 0 Å². The van der Waals surface area contributed by atoms with Gasteiger partial charge in [-0.15, -0.1) is 21.2 Å². The molecule has 1 heterocycles. The van der Waals surface area contributed by atoms with Crippen LogP contribution in [-0.4, -0.2) is 15.4 Å². The molecule has 4 N–H and O–H groups in total. The summed E-state index contributed by atoms with van der Waals surface area (Å²) < 4.78 is 0. The molecule has 0 unspecified atom stereocenters. The SMILES string of the molecule is C/C(N=O)=C(\C)[N-]O.C/C(N=O)=C(\C)[N-]O.Nc1ccncc1.[Cl][Co+2]. The summed E-state index contributed by atoms with van der Waals surface area (Å²) >= 11 is 3.03. The Balaban J connectivity index is -0.000000276. The molecule has 0 bridgehead atoms. The monoisotopic (exact) mass is 418 g/mol. The van der Waals surface area contributed by atoms with Crippen molar-refractivity contribution in [1.29, 1.82) is 0 Å². The first-order valence-corrected chi connectivity index (χ1v) is 7.77. The number of hydrogen-bond acceptors (Lipinski definition) is 8. The van der Waals surface area contributed by atoms with Crippen LogP contribution in [0.4, 0.5) is 5.69 Å². The van der Waals surface area contributed by atoms with Gasteiger partial charge in [0.25, 0.3) is 0 Å². The third kappa shape index (κ3) is 18.1. The Morgan fingerprint density at radius 2 is 1.32 bits per heavy atom. The zero-order valence-electron chi connectivity index (χ0n) is 14.0. The van der Waals surface area contributed by atoms with Crippen molar-refractivity contribution in [3.63, 3.8) is 0 Å². The molecule has 1 aromatic rings. The van der Waals surface area contributed by atoms with Gasteiger partial charge in [0.1, 0.15) is 0 Å². The van der Waals surface area contributed by atoms with E-state index in [4.69, 9.17) is 16.1 Å². The molecule has 10 nitrogen and oxygen atoms in total. The maximum absolute atomic E-state index is 9.63. The van der Waals surface area contributed by atoms with E-state index >= 15 is 0 Å². The van der Waals surface area contributed by atoms with Crippen LogP contribution in [0.3, 0.4) is 0 Å². The number of pyridine rings is 1. The number of aromatic nitrogens is 1. The van der Waals surface area contributed by atoms with Crippen LogP contribution >= 0.6 is 10.1 Å². The molecule has 0 aliphatic carbocycles. The molecule has 0 saturated heterocycles. The summed E-state index contributed by atoms with van der Waals surface area (Å²) in [6.07, 6.45) is 3.32. The fourth-order valence-electron chi connectivity index (χ4n) is 0.640. The Morgan fingerprint density at radius 3 is 1.44 bits per heavy atom. The molecule has 0 aliphatic rings. The van der Waals surface area contributed by atoms with Gasteiger partial charge in [-0.2, -0.15) is 0 Å². The zero-order valence-corrected chi connectivity index (χ0v) is 15.8. The number of anilines is 1. The number of nitrogens with two attached hydrogens (primary N) is 1. The van der Waals surface area contributed by atoms with Gasteiger partial charge in [-0.1, -0.05) is 13.8 Å². The second-order valence-corrected chi connectivity index (χ2v) is 4.00. The normalized spacial score (nSPS) is 10.6. The van der Waals surface area contributed by atoms with E-state index in [1.807, 2.05) is 0 Å². The van der Waals surface area contributed by atoms with Gasteiger partial charge in [-0.25, -0.2) is 0 Å². The van der Waals surface area contributed by atoms with Crippen molar-refractivity contribution in [3.8, 4) is 0 Å². The quantitative estimate of drug-likeness (QED) is 0.465. The van der Waals surface area contributed by atoms with E-state index in [1.165, 1.54) is 27.7 Å². The first-order valence-electron chi connectivity index (χ1n) is 6.33.